The molecule has 8 heteroatoms. The van der Waals surface area contributed by atoms with Crippen molar-refractivity contribution in [2.75, 3.05) is 6.54 Å². The van der Waals surface area contributed by atoms with E-state index >= 15 is 0 Å². The van der Waals surface area contributed by atoms with Crippen LogP contribution in [0.1, 0.15) is 38.0 Å². The molecule has 2 aromatic heterocycles. The zero-order chi connectivity index (χ0) is 16.5. The fourth-order valence-corrected chi connectivity index (χ4v) is 2.63. The quantitative estimate of drug-likeness (QED) is 0.645. The molecule has 1 amide bonds. The van der Waals surface area contributed by atoms with Crippen LogP contribution in [0.2, 0.25) is 0 Å². The SMILES string of the molecule is O=C(O)CCCCNC(=O)CCCc1nc(-c2cccs2)no1. The van der Waals surface area contributed by atoms with Crippen molar-refractivity contribution in [3.05, 3.63) is 23.4 Å². The van der Waals surface area contributed by atoms with Gasteiger partial charge in [-0.05, 0) is 30.7 Å². The second-order valence-corrected chi connectivity index (χ2v) is 5.99. The van der Waals surface area contributed by atoms with Crippen molar-refractivity contribution in [3.63, 3.8) is 0 Å². The Morgan fingerprint density at radius 3 is 2.87 bits per heavy atom. The van der Waals surface area contributed by atoms with E-state index < -0.39 is 5.97 Å². The van der Waals surface area contributed by atoms with Gasteiger partial charge in [0.1, 0.15) is 0 Å². The standard InChI is InChI=1S/C15H19N3O4S/c19-12(16-9-2-1-8-14(20)21)6-3-7-13-17-15(18-22-13)11-5-4-10-23-11/h4-5,10H,1-3,6-9H2,(H,16,19)(H,20,21). The number of thiophene rings is 1. The molecular weight excluding hydrogens is 318 g/mol. The van der Waals surface area contributed by atoms with Crippen molar-refractivity contribution in [2.24, 2.45) is 0 Å². The molecule has 0 spiro atoms. The zero-order valence-corrected chi connectivity index (χ0v) is 13.5. The smallest absolute Gasteiger partial charge is 0.303 e. The average molecular weight is 337 g/mol. The summed E-state index contributed by atoms with van der Waals surface area (Å²) in [5, 5.41) is 17.1. The Bertz CT molecular complexity index is 624. The maximum atomic E-state index is 11.6. The van der Waals surface area contributed by atoms with E-state index in [0.29, 0.717) is 50.4 Å². The van der Waals surface area contributed by atoms with Gasteiger partial charge in [-0.1, -0.05) is 11.2 Å². The number of aromatic nitrogens is 2. The Morgan fingerprint density at radius 2 is 2.13 bits per heavy atom. The third-order valence-electron chi connectivity index (χ3n) is 3.14. The second kappa shape index (κ2) is 9.04. The molecule has 0 aliphatic carbocycles. The summed E-state index contributed by atoms with van der Waals surface area (Å²) in [4.78, 5) is 27.2. The first-order chi connectivity index (χ1) is 11.1. The summed E-state index contributed by atoms with van der Waals surface area (Å²) in [5.74, 6) is 0.261. The highest BCUT2D eigenvalue weighted by atomic mass is 32.1. The molecule has 23 heavy (non-hydrogen) atoms. The molecule has 0 bridgehead atoms. The molecule has 0 fully saturated rings. The molecular formula is C15H19N3O4S. The number of nitrogens with zero attached hydrogens (tertiary/aromatic N) is 2. The van der Waals surface area contributed by atoms with Crippen LogP contribution in [0.25, 0.3) is 10.7 Å². The van der Waals surface area contributed by atoms with Crippen molar-refractivity contribution in [3.8, 4) is 10.7 Å². The average Bonchev–Trinajstić information content (AvgIpc) is 3.17. The summed E-state index contributed by atoms with van der Waals surface area (Å²) >= 11 is 1.55. The lowest BCUT2D eigenvalue weighted by molar-refractivity contribution is -0.137. The van der Waals surface area contributed by atoms with Crippen molar-refractivity contribution in [1.29, 1.82) is 0 Å². The van der Waals surface area contributed by atoms with Crippen LogP contribution in [0.5, 0.6) is 0 Å². The molecule has 0 atom stereocenters. The number of rotatable bonds is 10. The maximum Gasteiger partial charge on any atom is 0.303 e. The number of carbonyl (C=O) groups is 2. The molecule has 2 aromatic rings. The van der Waals surface area contributed by atoms with Gasteiger partial charge in [0.2, 0.25) is 17.6 Å². The number of hydrogen-bond donors (Lipinski definition) is 2. The minimum Gasteiger partial charge on any atom is -0.481 e. The highest BCUT2D eigenvalue weighted by Crippen LogP contribution is 2.21. The van der Waals surface area contributed by atoms with Crippen LogP contribution in [0.4, 0.5) is 0 Å². The van der Waals surface area contributed by atoms with Crippen LogP contribution in [0.3, 0.4) is 0 Å². The molecule has 0 radical (unpaired) electrons. The second-order valence-electron chi connectivity index (χ2n) is 5.04. The minimum absolute atomic E-state index is 0.0432. The van der Waals surface area contributed by atoms with Gasteiger partial charge in [-0.15, -0.1) is 11.3 Å². The fraction of sp³-hybridized carbons (Fsp3) is 0.467. The monoisotopic (exact) mass is 337 g/mol. The van der Waals surface area contributed by atoms with Gasteiger partial charge in [-0.3, -0.25) is 9.59 Å². The van der Waals surface area contributed by atoms with Gasteiger partial charge in [-0.25, -0.2) is 0 Å². The normalized spacial score (nSPS) is 10.6. The molecule has 2 heterocycles. The summed E-state index contributed by atoms with van der Waals surface area (Å²) in [6.45, 7) is 0.509. The van der Waals surface area contributed by atoms with Gasteiger partial charge < -0.3 is 14.9 Å². The van der Waals surface area contributed by atoms with Crippen molar-refractivity contribution in [2.45, 2.75) is 38.5 Å². The first-order valence-corrected chi connectivity index (χ1v) is 8.38. The van der Waals surface area contributed by atoms with Gasteiger partial charge >= 0.3 is 5.97 Å². The van der Waals surface area contributed by atoms with Gasteiger partial charge in [-0.2, -0.15) is 4.98 Å². The third kappa shape index (κ3) is 6.19. The highest BCUT2D eigenvalue weighted by Gasteiger charge is 2.10. The minimum atomic E-state index is -0.808. The molecule has 0 unspecified atom stereocenters. The fourth-order valence-electron chi connectivity index (χ4n) is 1.98. The van der Waals surface area contributed by atoms with E-state index in [-0.39, 0.29) is 12.3 Å². The molecule has 2 N–H and O–H groups in total. The molecule has 0 aliphatic rings. The third-order valence-corrected chi connectivity index (χ3v) is 4.01. The highest BCUT2D eigenvalue weighted by molar-refractivity contribution is 7.13. The molecule has 0 saturated heterocycles. The lowest BCUT2D eigenvalue weighted by Crippen LogP contribution is -2.24. The summed E-state index contributed by atoms with van der Waals surface area (Å²) in [7, 11) is 0. The van der Waals surface area contributed by atoms with E-state index in [2.05, 4.69) is 15.5 Å². The van der Waals surface area contributed by atoms with E-state index in [0.717, 1.165) is 4.88 Å². The maximum absolute atomic E-state index is 11.6. The number of carbonyl (C=O) groups excluding carboxylic acids is 1. The molecule has 0 aliphatic heterocycles. The Balaban J connectivity index is 1.59. The number of hydrogen-bond acceptors (Lipinski definition) is 6. The number of amides is 1. The molecule has 2 rings (SSSR count). The lowest BCUT2D eigenvalue weighted by Gasteiger charge is -2.03. The number of aryl methyl sites for hydroxylation is 1. The van der Waals surface area contributed by atoms with E-state index in [1.165, 1.54) is 0 Å². The molecule has 124 valence electrons. The Hall–Kier alpha value is -2.22. The Kier molecular flexibility index (Phi) is 6.74. The number of unbranched alkanes of at least 4 members (excludes halogenated alkanes) is 1. The lowest BCUT2D eigenvalue weighted by atomic mass is 10.2. The van der Waals surface area contributed by atoms with E-state index in [1.54, 1.807) is 11.3 Å². The summed E-state index contributed by atoms with van der Waals surface area (Å²) in [5.41, 5.74) is 0. The van der Waals surface area contributed by atoms with Crippen LogP contribution in [-0.4, -0.2) is 33.7 Å². The molecule has 7 nitrogen and oxygen atoms in total. The number of aliphatic carboxylic acids is 1. The van der Waals surface area contributed by atoms with Crippen LogP contribution in [-0.2, 0) is 16.0 Å². The van der Waals surface area contributed by atoms with Crippen molar-refractivity contribution in [1.82, 2.24) is 15.5 Å². The van der Waals surface area contributed by atoms with E-state index in [1.807, 2.05) is 17.5 Å². The van der Waals surface area contributed by atoms with Crippen molar-refractivity contribution < 1.29 is 19.2 Å². The summed E-state index contributed by atoms with van der Waals surface area (Å²) < 4.78 is 5.16. The number of carboxylic acid groups (broad SMARTS) is 1. The molecule has 0 saturated carbocycles. The van der Waals surface area contributed by atoms with Crippen LogP contribution < -0.4 is 5.32 Å². The summed E-state index contributed by atoms with van der Waals surface area (Å²) in [6, 6.07) is 3.86. The Labute approximate surface area is 137 Å². The van der Waals surface area contributed by atoms with Gasteiger partial charge in [0.05, 0.1) is 4.88 Å². The van der Waals surface area contributed by atoms with Crippen LogP contribution >= 0.6 is 11.3 Å². The topological polar surface area (TPSA) is 105 Å². The molecule has 0 aromatic carbocycles. The van der Waals surface area contributed by atoms with E-state index in [4.69, 9.17) is 9.63 Å². The number of carboxylic acids is 1. The van der Waals surface area contributed by atoms with E-state index in [9.17, 15) is 9.59 Å². The Morgan fingerprint density at radius 1 is 1.26 bits per heavy atom. The largest absolute Gasteiger partial charge is 0.481 e. The predicted molar refractivity (Wildman–Crippen MR) is 85.0 cm³/mol. The first-order valence-electron chi connectivity index (χ1n) is 7.50. The van der Waals surface area contributed by atoms with Gasteiger partial charge in [0, 0.05) is 25.8 Å². The predicted octanol–water partition coefficient (Wildman–Crippen LogP) is 2.49. The van der Waals surface area contributed by atoms with Crippen molar-refractivity contribution >= 4 is 23.2 Å². The van der Waals surface area contributed by atoms with Gasteiger partial charge in [0.15, 0.2) is 0 Å². The zero-order valence-electron chi connectivity index (χ0n) is 12.7. The van der Waals surface area contributed by atoms with Crippen LogP contribution in [0.15, 0.2) is 22.0 Å². The van der Waals surface area contributed by atoms with Crippen LogP contribution in [0, 0.1) is 0 Å². The first kappa shape index (κ1) is 17.1. The summed E-state index contributed by atoms with van der Waals surface area (Å²) in [6.07, 6.45) is 2.96. The van der Waals surface area contributed by atoms with Gasteiger partial charge in [0.25, 0.3) is 0 Å². The number of nitrogens with one attached hydrogen (secondary N) is 1.